The molecule has 2 rings (SSSR count). The highest BCUT2D eigenvalue weighted by Gasteiger charge is 2.29. The third kappa shape index (κ3) is 4.05. The Morgan fingerprint density at radius 3 is 2.65 bits per heavy atom. The van der Waals surface area contributed by atoms with Crippen LogP contribution < -0.4 is 5.32 Å². The van der Waals surface area contributed by atoms with Crippen LogP contribution in [-0.2, 0) is 0 Å². The fraction of sp³-hybridized carbons (Fsp3) is 0.706. The van der Waals surface area contributed by atoms with E-state index in [1.807, 2.05) is 12.3 Å². The first-order valence-corrected chi connectivity index (χ1v) is 8.89. The van der Waals surface area contributed by atoms with Crippen molar-refractivity contribution in [2.24, 2.45) is 11.8 Å². The summed E-state index contributed by atoms with van der Waals surface area (Å²) in [6, 6.07) is 4.52. The Morgan fingerprint density at radius 2 is 2.05 bits per heavy atom. The molecule has 112 valence electrons. The molecule has 1 N–H and O–H groups in total. The van der Waals surface area contributed by atoms with E-state index in [4.69, 9.17) is 0 Å². The summed E-state index contributed by atoms with van der Waals surface area (Å²) >= 11 is 3.68. The van der Waals surface area contributed by atoms with Crippen LogP contribution in [0.2, 0.25) is 0 Å². The van der Waals surface area contributed by atoms with Crippen molar-refractivity contribution in [3.63, 3.8) is 0 Å². The lowest BCUT2D eigenvalue weighted by atomic mass is 9.76. The summed E-state index contributed by atoms with van der Waals surface area (Å²) in [4.78, 5) is 4.64. The van der Waals surface area contributed by atoms with E-state index in [2.05, 4.69) is 46.1 Å². The van der Waals surface area contributed by atoms with Crippen LogP contribution in [0.4, 0.5) is 0 Å². The molecule has 20 heavy (non-hydrogen) atoms. The highest BCUT2D eigenvalue weighted by atomic mass is 79.9. The molecule has 0 bridgehead atoms. The number of rotatable bonds is 6. The number of halogens is 1. The molecule has 0 aromatic carbocycles. The normalized spacial score (nSPS) is 24.6. The van der Waals surface area contributed by atoms with Gasteiger partial charge in [0, 0.05) is 10.7 Å². The molecule has 1 aliphatic carbocycles. The summed E-state index contributed by atoms with van der Waals surface area (Å²) in [6.07, 6.45) is 9.87. The molecule has 0 amide bonds. The number of nitrogens with one attached hydrogen (secondary N) is 1. The number of nitrogens with zero attached hydrogens (tertiary/aromatic N) is 1. The van der Waals surface area contributed by atoms with Crippen molar-refractivity contribution in [1.82, 2.24) is 10.3 Å². The van der Waals surface area contributed by atoms with E-state index < -0.39 is 0 Å². The van der Waals surface area contributed by atoms with Crippen molar-refractivity contribution in [1.29, 1.82) is 0 Å². The number of aromatic nitrogens is 1. The second-order valence-corrected chi connectivity index (χ2v) is 6.85. The van der Waals surface area contributed by atoms with Crippen LogP contribution in [0.3, 0.4) is 0 Å². The van der Waals surface area contributed by atoms with Crippen LogP contribution in [0.15, 0.2) is 22.8 Å². The quantitative estimate of drug-likeness (QED) is 0.780. The van der Waals surface area contributed by atoms with E-state index in [-0.39, 0.29) is 0 Å². The minimum Gasteiger partial charge on any atom is -0.308 e. The summed E-state index contributed by atoms with van der Waals surface area (Å²) < 4.78 is 1.14. The van der Waals surface area contributed by atoms with Gasteiger partial charge < -0.3 is 5.32 Å². The van der Waals surface area contributed by atoms with Crippen LogP contribution in [-0.4, -0.2) is 11.5 Å². The molecule has 1 heterocycles. The third-order valence-electron chi connectivity index (χ3n) is 4.64. The average Bonchev–Trinajstić information content (AvgIpc) is 2.50. The molecule has 0 spiro atoms. The molecule has 1 atom stereocenters. The predicted octanol–water partition coefficient (Wildman–Crippen LogP) is 5.10. The first-order valence-electron chi connectivity index (χ1n) is 8.10. The van der Waals surface area contributed by atoms with Gasteiger partial charge in [-0.3, -0.25) is 4.98 Å². The molecular formula is C17H27BrN2. The Hall–Kier alpha value is -0.410. The Kier molecular flexibility index (Phi) is 6.50. The maximum Gasteiger partial charge on any atom is 0.0717 e. The lowest BCUT2D eigenvalue weighted by Crippen LogP contribution is -2.32. The summed E-state index contributed by atoms with van der Waals surface area (Å²) in [6.45, 7) is 5.63. The SMILES string of the molecule is CCCNC(c1ncccc1Br)C1CCC(CC)CC1. The smallest absolute Gasteiger partial charge is 0.0717 e. The zero-order valence-electron chi connectivity index (χ0n) is 12.7. The molecule has 1 aromatic heterocycles. The number of hydrogen-bond donors (Lipinski definition) is 1. The molecule has 1 fully saturated rings. The fourth-order valence-electron chi connectivity index (χ4n) is 3.34. The van der Waals surface area contributed by atoms with Crippen molar-refractivity contribution in [3.05, 3.63) is 28.5 Å². The van der Waals surface area contributed by atoms with E-state index in [9.17, 15) is 0 Å². The van der Waals surface area contributed by atoms with Gasteiger partial charge in [0.15, 0.2) is 0 Å². The van der Waals surface area contributed by atoms with Gasteiger partial charge in [0.25, 0.3) is 0 Å². The van der Waals surface area contributed by atoms with Gasteiger partial charge >= 0.3 is 0 Å². The van der Waals surface area contributed by atoms with Crippen LogP contribution in [0.25, 0.3) is 0 Å². The van der Waals surface area contributed by atoms with Gasteiger partial charge in [0.1, 0.15) is 0 Å². The fourth-order valence-corrected chi connectivity index (χ4v) is 3.84. The van der Waals surface area contributed by atoms with E-state index >= 15 is 0 Å². The molecule has 1 aromatic rings. The summed E-state index contributed by atoms with van der Waals surface area (Å²) in [7, 11) is 0. The Labute approximate surface area is 131 Å². The Morgan fingerprint density at radius 1 is 1.30 bits per heavy atom. The molecule has 1 unspecified atom stereocenters. The van der Waals surface area contributed by atoms with Gasteiger partial charge in [-0.1, -0.05) is 33.1 Å². The van der Waals surface area contributed by atoms with Crippen molar-refractivity contribution < 1.29 is 0 Å². The van der Waals surface area contributed by atoms with Gasteiger partial charge in [-0.25, -0.2) is 0 Å². The minimum absolute atomic E-state index is 0.406. The van der Waals surface area contributed by atoms with Gasteiger partial charge in [0.2, 0.25) is 0 Å². The van der Waals surface area contributed by atoms with Crippen molar-refractivity contribution in [2.75, 3.05) is 6.54 Å². The molecule has 0 radical (unpaired) electrons. The molecule has 0 saturated heterocycles. The topological polar surface area (TPSA) is 24.9 Å². The minimum atomic E-state index is 0.406. The van der Waals surface area contributed by atoms with Crippen LogP contribution in [0.1, 0.15) is 64.1 Å². The molecule has 2 nitrogen and oxygen atoms in total. The zero-order valence-corrected chi connectivity index (χ0v) is 14.3. The molecule has 0 aliphatic heterocycles. The third-order valence-corrected chi connectivity index (χ3v) is 5.31. The van der Waals surface area contributed by atoms with E-state index in [0.29, 0.717) is 6.04 Å². The van der Waals surface area contributed by atoms with E-state index in [1.54, 1.807) is 0 Å². The lowest BCUT2D eigenvalue weighted by Gasteiger charge is -2.34. The Balaban J connectivity index is 2.10. The number of hydrogen-bond acceptors (Lipinski definition) is 2. The van der Waals surface area contributed by atoms with E-state index in [1.165, 1.54) is 44.2 Å². The van der Waals surface area contributed by atoms with Crippen molar-refractivity contribution in [3.8, 4) is 0 Å². The standard InChI is InChI=1S/C17H27BrN2/c1-3-11-19-16(17-15(18)6-5-12-20-17)14-9-7-13(4-2)8-10-14/h5-6,12-14,16,19H,3-4,7-11H2,1-2H3. The second kappa shape index (κ2) is 8.14. The highest BCUT2D eigenvalue weighted by Crippen LogP contribution is 2.39. The maximum absolute atomic E-state index is 4.64. The maximum atomic E-state index is 4.64. The van der Waals surface area contributed by atoms with Gasteiger partial charge in [-0.2, -0.15) is 0 Å². The molecule has 1 aliphatic rings. The lowest BCUT2D eigenvalue weighted by molar-refractivity contribution is 0.216. The van der Waals surface area contributed by atoms with Gasteiger partial charge in [-0.05, 0) is 65.7 Å². The van der Waals surface area contributed by atoms with E-state index in [0.717, 1.165) is 22.9 Å². The summed E-state index contributed by atoms with van der Waals surface area (Å²) in [5, 5.41) is 3.74. The zero-order chi connectivity index (χ0) is 14.4. The van der Waals surface area contributed by atoms with Gasteiger partial charge in [0.05, 0.1) is 11.7 Å². The summed E-state index contributed by atoms with van der Waals surface area (Å²) in [5.41, 5.74) is 1.20. The van der Waals surface area contributed by atoms with Crippen LogP contribution in [0.5, 0.6) is 0 Å². The van der Waals surface area contributed by atoms with Crippen molar-refractivity contribution in [2.45, 2.75) is 58.4 Å². The average molecular weight is 339 g/mol. The number of pyridine rings is 1. The Bertz CT molecular complexity index is 400. The monoisotopic (exact) mass is 338 g/mol. The highest BCUT2D eigenvalue weighted by molar-refractivity contribution is 9.10. The molecule has 1 saturated carbocycles. The largest absolute Gasteiger partial charge is 0.308 e. The van der Waals surface area contributed by atoms with Crippen molar-refractivity contribution >= 4 is 15.9 Å². The molecule has 3 heteroatoms. The second-order valence-electron chi connectivity index (χ2n) is 5.99. The first kappa shape index (κ1) is 16.0. The first-order chi connectivity index (χ1) is 9.76. The predicted molar refractivity (Wildman–Crippen MR) is 88.7 cm³/mol. The van der Waals surface area contributed by atoms with Crippen LogP contribution >= 0.6 is 15.9 Å². The van der Waals surface area contributed by atoms with Gasteiger partial charge in [-0.15, -0.1) is 0 Å². The molecular weight excluding hydrogens is 312 g/mol. The summed E-state index contributed by atoms with van der Waals surface area (Å²) in [5.74, 6) is 1.68. The van der Waals surface area contributed by atoms with Crippen LogP contribution in [0, 0.1) is 11.8 Å².